The van der Waals surface area contributed by atoms with Gasteiger partial charge in [0.2, 0.25) is 0 Å². The number of sulfone groups is 1. The van der Waals surface area contributed by atoms with Crippen molar-refractivity contribution in [3.05, 3.63) is 47.3 Å². The molecule has 0 bridgehead atoms. The van der Waals surface area contributed by atoms with Crippen molar-refractivity contribution in [3.8, 4) is 0 Å². The number of benzene rings is 1. The van der Waals surface area contributed by atoms with Crippen LogP contribution in [-0.2, 0) is 9.84 Å². The van der Waals surface area contributed by atoms with Crippen molar-refractivity contribution < 1.29 is 12.9 Å². The predicted molar refractivity (Wildman–Crippen MR) is 76.0 cm³/mol. The molecule has 0 aliphatic heterocycles. The van der Waals surface area contributed by atoms with Crippen molar-refractivity contribution in [2.75, 3.05) is 0 Å². The molecule has 1 heterocycles. The van der Waals surface area contributed by atoms with E-state index >= 15 is 0 Å². The van der Waals surface area contributed by atoms with Crippen molar-refractivity contribution >= 4 is 9.84 Å². The SMILES string of the molecule is Cc1noc(C)c1S(=O)(=O)C(C)C(N)c1ccccc1. The molecule has 0 fully saturated rings. The molecular formula is C14H18N2O3S. The largest absolute Gasteiger partial charge is 0.360 e. The molecule has 1 aromatic heterocycles. The normalized spacial score (nSPS) is 15.0. The summed E-state index contributed by atoms with van der Waals surface area (Å²) in [6, 6.07) is 8.59. The molecule has 1 aromatic carbocycles. The van der Waals surface area contributed by atoms with Crippen molar-refractivity contribution in [1.82, 2.24) is 5.16 Å². The molecular weight excluding hydrogens is 276 g/mol. The highest BCUT2D eigenvalue weighted by atomic mass is 32.2. The lowest BCUT2D eigenvalue weighted by atomic mass is 10.1. The van der Waals surface area contributed by atoms with Crippen molar-refractivity contribution in [1.29, 1.82) is 0 Å². The summed E-state index contributed by atoms with van der Waals surface area (Å²) in [6.45, 7) is 4.82. The highest BCUT2D eigenvalue weighted by Crippen LogP contribution is 2.29. The van der Waals surface area contributed by atoms with Crippen LogP contribution in [-0.4, -0.2) is 18.8 Å². The fraction of sp³-hybridized carbons (Fsp3) is 0.357. The van der Waals surface area contributed by atoms with Gasteiger partial charge in [-0.3, -0.25) is 0 Å². The molecule has 0 radical (unpaired) electrons. The van der Waals surface area contributed by atoms with Gasteiger partial charge in [-0.1, -0.05) is 35.5 Å². The van der Waals surface area contributed by atoms with Crippen LogP contribution in [0.4, 0.5) is 0 Å². The summed E-state index contributed by atoms with van der Waals surface area (Å²) in [6.07, 6.45) is 0. The van der Waals surface area contributed by atoms with E-state index in [0.717, 1.165) is 5.56 Å². The Balaban J connectivity index is 2.40. The van der Waals surface area contributed by atoms with Gasteiger partial charge in [0, 0.05) is 6.04 Å². The maximum absolute atomic E-state index is 12.7. The molecule has 2 rings (SSSR count). The maximum atomic E-state index is 12.7. The van der Waals surface area contributed by atoms with E-state index in [1.165, 1.54) is 0 Å². The van der Waals surface area contributed by atoms with E-state index in [1.54, 1.807) is 20.8 Å². The minimum absolute atomic E-state index is 0.149. The lowest BCUT2D eigenvalue weighted by Crippen LogP contribution is -2.31. The van der Waals surface area contributed by atoms with E-state index in [-0.39, 0.29) is 4.90 Å². The number of aromatic nitrogens is 1. The van der Waals surface area contributed by atoms with Crippen LogP contribution in [0.25, 0.3) is 0 Å². The van der Waals surface area contributed by atoms with E-state index in [0.29, 0.717) is 11.5 Å². The lowest BCUT2D eigenvalue weighted by molar-refractivity contribution is 0.390. The van der Waals surface area contributed by atoms with Crippen LogP contribution < -0.4 is 5.73 Å². The number of hydrogen-bond acceptors (Lipinski definition) is 5. The number of hydrogen-bond donors (Lipinski definition) is 1. The summed E-state index contributed by atoms with van der Waals surface area (Å²) in [5.41, 5.74) is 7.26. The first-order chi connectivity index (χ1) is 9.35. The fourth-order valence-corrected chi connectivity index (χ4v) is 4.01. The van der Waals surface area contributed by atoms with Crippen LogP contribution in [0.15, 0.2) is 39.8 Å². The predicted octanol–water partition coefficient (Wildman–Crippen LogP) is 2.15. The van der Waals surface area contributed by atoms with Gasteiger partial charge in [-0.05, 0) is 26.3 Å². The van der Waals surface area contributed by atoms with Gasteiger partial charge < -0.3 is 10.3 Å². The average molecular weight is 294 g/mol. The molecule has 2 atom stereocenters. The van der Waals surface area contributed by atoms with E-state index in [4.69, 9.17) is 10.3 Å². The third kappa shape index (κ3) is 2.48. The third-order valence-electron chi connectivity index (χ3n) is 3.43. The van der Waals surface area contributed by atoms with Crippen LogP contribution in [0.2, 0.25) is 0 Å². The van der Waals surface area contributed by atoms with Crippen molar-refractivity contribution in [2.45, 2.75) is 37.0 Å². The topological polar surface area (TPSA) is 86.2 Å². The first kappa shape index (κ1) is 14.7. The quantitative estimate of drug-likeness (QED) is 0.933. The molecule has 0 amide bonds. The molecule has 0 aliphatic carbocycles. The monoisotopic (exact) mass is 294 g/mol. The summed E-state index contributed by atoms with van der Waals surface area (Å²) in [5, 5.41) is 2.94. The third-order valence-corrected chi connectivity index (χ3v) is 5.86. The van der Waals surface area contributed by atoms with E-state index < -0.39 is 21.1 Å². The summed E-state index contributed by atoms with van der Waals surface area (Å²) < 4.78 is 30.3. The van der Waals surface area contributed by atoms with Crippen molar-refractivity contribution in [2.24, 2.45) is 5.73 Å². The summed E-state index contributed by atoms with van der Waals surface area (Å²) in [5.74, 6) is 0.301. The van der Waals surface area contributed by atoms with Gasteiger partial charge in [0.15, 0.2) is 15.6 Å². The van der Waals surface area contributed by atoms with Crippen molar-refractivity contribution in [3.63, 3.8) is 0 Å². The van der Waals surface area contributed by atoms with Gasteiger partial charge in [-0.15, -0.1) is 0 Å². The minimum Gasteiger partial charge on any atom is -0.360 e. The van der Waals surface area contributed by atoms with Gasteiger partial charge in [0.1, 0.15) is 4.90 Å². The Morgan fingerprint density at radius 1 is 1.20 bits per heavy atom. The summed E-state index contributed by atoms with van der Waals surface area (Å²) in [7, 11) is -3.59. The maximum Gasteiger partial charge on any atom is 0.188 e. The highest BCUT2D eigenvalue weighted by Gasteiger charge is 2.34. The second-order valence-corrected chi connectivity index (χ2v) is 7.08. The first-order valence-electron chi connectivity index (χ1n) is 6.33. The Bertz CT molecular complexity index is 673. The van der Waals surface area contributed by atoms with Crippen LogP contribution in [0, 0.1) is 13.8 Å². The second-order valence-electron chi connectivity index (χ2n) is 4.84. The molecule has 0 aliphatic rings. The Hall–Kier alpha value is -1.66. The first-order valence-corrected chi connectivity index (χ1v) is 7.87. The zero-order chi connectivity index (χ0) is 14.9. The molecule has 108 valence electrons. The van der Waals surface area contributed by atoms with Crippen LogP contribution >= 0.6 is 0 Å². The molecule has 20 heavy (non-hydrogen) atoms. The van der Waals surface area contributed by atoms with Gasteiger partial charge in [-0.2, -0.15) is 0 Å². The molecule has 0 saturated heterocycles. The van der Waals surface area contributed by atoms with E-state index in [9.17, 15) is 8.42 Å². The smallest absolute Gasteiger partial charge is 0.188 e. The number of nitrogens with two attached hydrogens (primary N) is 1. The molecule has 2 N–H and O–H groups in total. The van der Waals surface area contributed by atoms with Gasteiger partial charge in [-0.25, -0.2) is 8.42 Å². The van der Waals surface area contributed by atoms with Gasteiger partial charge in [0.05, 0.1) is 10.9 Å². The van der Waals surface area contributed by atoms with Crippen LogP contribution in [0.3, 0.4) is 0 Å². The van der Waals surface area contributed by atoms with E-state index in [2.05, 4.69) is 5.16 Å². The number of nitrogens with zero attached hydrogens (tertiary/aromatic N) is 1. The van der Waals surface area contributed by atoms with Gasteiger partial charge >= 0.3 is 0 Å². The Labute approximate surface area is 118 Å². The molecule has 2 unspecified atom stereocenters. The molecule has 5 nitrogen and oxygen atoms in total. The lowest BCUT2D eigenvalue weighted by Gasteiger charge is -2.20. The summed E-state index contributed by atoms with van der Waals surface area (Å²) >= 11 is 0. The molecule has 0 spiro atoms. The Morgan fingerprint density at radius 2 is 1.80 bits per heavy atom. The zero-order valence-corrected chi connectivity index (χ0v) is 12.5. The average Bonchev–Trinajstić information content (AvgIpc) is 2.78. The molecule has 6 heteroatoms. The van der Waals surface area contributed by atoms with Gasteiger partial charge in [0.25, 0.3) is 0 Å². The molecule has 0 saturated carbocycles. The molecule has 2 aromatic rings. The standard InChI is InChI=1S/C14H18N2O3S/c1-9-14(10(2)19-16-9)20(17,18)11(3)13(15)12-7-5-4-6-8-12/h4-8,11,13H,15H2,1-3H3. The Morgan fingerprint density at radius 3 is 2.30 bits per heavy atom. The zero-order valence-electron chi connectivity index (χ0n) is 11.7. The highest BCUT2D eigenvalue weighted by molar-refractivity contribution is 7.92. The van der Waals surface area contributed by atoms with E-state index in [1.807, 2.05) is 30.3 Å². The van der Waals surface area contributed by atoms with Crippen LogP contribution in [0.5, 0.6) is 0 Å². The minimum atomic E-state index is -3.59. The summed E-state index contributed by atoms with van der Waals surface area (Å²) in [4.78, 5) is 0.149. The number of rotatable bonds is 4. The fourth-order valence-electron chi connectivity index (χ4n) is 2.21. The second kappa shape index (κ2) is 5.38. The van der Waals surface area contributed by atoms with Crippen LogP contribution in [0.1, 0.15) is 30.0 Å². The number of aryl methyl sites for hydroxylation is 2. The Kier molecular flexibility index (Phi) is 3.96.